The maximum Gasteiger partial charge on any atom is 0.286 e. The van der Waals surface area contributed by atoms with Crippen LogP contribution in [-0.4, -0.2) is 32.7 Å². The Labute approximate surface area is 178 Å². The smallest absolute Gasteiger partial charge is 0.286 e. The second-order valence-corrected chi connectivity index (χ2v) is 11.6. The maximum absolute atomic E-state index is 13.1. The molecule has 0 unspecified atom stereocenters. The SMILES string of the molecule is O=C(NC1C2CC3CC(C2)CC1C3)c1ccc2c(c1)S(=O)(=O)N=C1CCCCCN12. The van der Waals surface area contributed by atoms with Gasteiger partial charge in [0.15, 0.2) is 0 Å². The van der Waals surface area contributed by atoms with E-state index in [0.29, 0.717) is 35.3 Å². The number of sulfonamides is 1. The number of hydrogen-bond donors (Lipinski definition) is 1. The molecule has 0 radical (unpaired) electrons. The van der Waals surface area contributed by atoms with Gasteiger partial charge in [-0.3, -0.25) is 4.79 Å². The molecule has 0 aromatic heterocycles. The van der Waals surface area contributed by atoms with Crippen LogP contribution in [0.25, 0.3) is 0 Å². The molecule has 7 rings (SSSR count). The third-order valence-electron chi connectivity index (χ3n) is 8.13. The highest BCUT2D eigenvalue weighted by atomic mass is 32.2. The van der Waals surface area contributed by atoms with Crippen LogP contribution in [0.1, 0.15) is 68.1 Å². The lowest BCUT2D eigenvalue weighted by molar-refractivity contribution is -0.0119. The van der Waals surface area contributed by atoms with Gasteiger partial charge in [0.2, 0.25) is 0 Å². The van der Waals surface area contributed by atoms with E-state index in [-0.39, 0.29) is 16.8 Å². The predicted octanol–water partition coefficient (Wildman–Crippen LogP) is 3.72. The van der Waals surface area contributed by atoms with Crippen molar-refractivity contribution in [1.82, 2.24) is 5.32 Å². The van der Waals surface area contributed by atoms with Gasteiger partial charge in [0.05, 0.1) is 5.69 Å². The number of amidine groups is 1. The number of benzene rings is 1. The molecule has 0 spiro atoms. The second-order valence-electron chi connectivity index (χ2n) is 10.1. The molecule has 5 fully saturated rings. The summed E-state index contributed by atoms with van der Waals surface area (Å²) < 4.78 is 29.8. The Morgan fingerprint density at radius 3 is 2.47 bits per heavy atom. The lowest BCUT2D eigenvalue weighted by Crippen LogP contribution is -2.55. The minimum absolute atomic E-state index is 0.142. The van der Waals surface area contributed by atoms with Crippen molar-refractivity contribution in [3.63, 3.8) is 0 Å². The number of fused-ring (bicyclic) bond motifs is 3. The Bertz CT molecular complexity index is 1000. The molecule has 1 aromatic carbocycles. The Kier molecular flexibility index (Phi) is 4.28. The predicted molar refractivity (Wildman–Crippen MR) is 115 cm³/mol. The molecular weight excluding hydrogens is 398 g/mol. The summed E-state index contributed by atoms with van der Waals surface area (Å²) in [4.78, 5) is 15.3. The van der Waals surface area contributed by atoms with Gasteiger partial charge in [0, 0.05) is 24.6 Å². The van der Waals surface area contributed by atoms with E-state index in [0.717, 1.165) is 37.6 Å². The molecule has 7 heteroatoms. The van der Waals surface area contributed by atoms with Gasteiger partial charge in [-0.25, -0.2) is 0 Å². The normalized spacial score (nSPS) is 35.8. The molecule has 4 aliphatic carbocycles. The van der Waals surface area contributed by atoms with Gasteiger partial charge in [-0.15, -0.1) is 4.40 Å². The number of carbonyl (C=O) groups is 1. The van der Waals surface area contributed by atoms with Crippen LogP contribution in [0, 0.1) is 23.7 Å². The summed E-state index contributed by atoms with van der Waals surface area (Å²) in [7, 11) is -3.77. The average molecular weight is 428 g/mol. The van der Waals surface area contributed by atoms with Crippen LogP contribution < -0.4 is 10.2 Å². The van der Waals surface area contributed by atoms with Gasteiger partial charge < -0.3 is 10.2 Å². The standard InChI is InChI=1S/C23H29N3O3S/c27-23(24-22-17-9-14-8-15(11-17)12-18(22)10-14)16-5-6-19-20(13-16)30(28,29)25-21-4-2-1-3-7-26(19)21/h5-6,13-15,17-18,22H,1-4,7-12H2,(H,24,27). The zero-order chi connectivity index (χ0) is 20.5. The van der Waals surface area contributed by atoms with E-state index in [1.54, 1.807) is 18.2 Å². The molecule has 4 saturated carbocycles. The molecule has 4 bridgehead atoms. The Morgan fingerprint density at radius 2 is 1.73 bits per heavy atom. The van der Waals surface area contributed by atoms with E-state index < -0.39 is 10.0 Å². The van der Waals surface area contributed by atoms with Crippen LogP contribution in [0.4, 0.5) is 5.69 Å². The van der Waals surface area contributed by atoms with Gasteiger partial charge >= 0.3 is 0 Å². The molecule has 1 aromatic rings. The van der Waals surface area contributed by atoms with Gasteiger partial charge in [0.25, 0.3) is 15.9 Å². The lowest BCUT2D eigenvalue weighted by Gasteiger charge is -2.54. The van der Waals surface area contributed by atoms with Crippen molar-refractivity contribution in [3.8, 4) is 0 Å². The number of nitrogens with one attached hydrogen (secondary N) is 1. The van der Waals surface area contributed by atoms with Crippen LogP contribution in [0.5, 0.6) is 0 Å². The van der Waals surface area contributed by atoms with E-state index in [2.05, 4.69) is 9.71 Å². The van der Waals surface area contributed by atoms with E-state index in [4.69, 9.17) is 0 Å². The van der Waals surface area contributed by atoms with Gasteiger partial charge in [-0.1, -0.05) is 6.42 Å². The zero-order valence-corrected chi connectivity index (χ0v) is 18.0. The summed E-state index contributed by atoms with van der Waals surface area (Å²) in [5, 5.41) is 3.30. The summed E-state index contributed by atoms with van der Waals surface area (Å²) in [5.74, 6) is 3.40. The molecule has 160 valence electrons. The van der Waals surface area contributed by atoms with Gasteiger partial charge in [0.1, 0.15) is 10.7 Å². The second kappa shape index (κ2) is 6.81. The third kappa shape index (κ3) is 3.00. The lowest BCUT2D eigenvalue weighted by atomic mass is 9.54. The Balaban J connectivity index is 1.28. The highest BCUT2D eigenvalue weighted by molar-refractivity contribution is 7.90. The topological polar surface area (TPSA) is 78.8 Å². The number of hydrogen-bond acceptors (Lipinski definition) is 4. The van der Waals surface area contributed by atoms with Crippen molar-refractivity contribution >= 4 is 27.5 Å². The number of nitrogens with zero attached hydrogens (tertiary/aromatic N) is 2. The summed E-state index contributed by atoms with van der Waals surface area (Å²) in [6, 6.07) is 5.38. The van der Waals surface area contributed by atoms with Crippen molar-refractivity contribution in [2.24, 2.45) is 28.1 Å². The largest absolute Gasteiger partial charge is 0.349 e. The highest BCUT2D eigenvalue weighted by Crippen LogP contribution is 2.53. The van der Waals surface area contributed by atoms with E-state index in [9.17, 15) is 13.2 Å². The van der Waals surface area contributed by atoms with Crippen LogP contribution in [0.2, 0.25) is 0 Å². The van der Waals surface area contributed by atoms with E-state index in [1.807, 2.05) is 4.90 Å². The first-order valence-corrected chi connectivity index (χ1v) is 13.0. The maximum atomic E-state index is 13.1. The van der Waals surface area contributed by atoms with E-state index >= 15 is 0 Å². The van der Waals surface area contributed by atoms with Crippen LogP contribution in [0.15, 0.2) is 27.5 Å². The first-order chi connectivity index (χ1) is 14.5. The Hall–Kier alpha value is -1.89. The third-order valence-corrected chi connectivity index (χ3v) is 9.47. The highest BCUT2D eigenvalue weighted by Gasteiger charge is 2.48. The molecule has 0 atom stereocenters. The summed E-state index contributed by atoms with van der Waals surface area (Å²) in [6.07, 6.45) is 10.1. The molecule has 1 saturated heterocycles. The van der Waals surface area contributed by atoms with Crippen molar-refractivity contribution in [1.29, 1.82) is 0 Å². The fourth-order valence-corrected chi connectivity index (χ4v) is 8.30. The first-order valence-electron chi connectivity index (χ1n) is 11.5. The van der Waals surface area contributed by atoms with Crippen LogP contribution >= 0.6 is 0 Å². The molecule has 30 heavy (non-hydrogen) atoms. The molecule has 2 aliphatic heterocycles. The molecule has 6 nitrogen and oxygen atoms in total. The quantitative estimate of drug-likeness (QED) is 0.780. The van der Waals surface area contributed by atoms with E-state index in [1.165, 1.54) is 32.1 Å². The number of carbonyl (C=O) groups excluding carboxylic acids is 1. The van der Waals surface area contributed by atoms with Crippen LogP contribution in [-0.2, 0) is 10.0 Å². The van der Waals surface area contributed by atoms with Gasteiger partial charge in [-0.2, -0.15) is 8.42 Å². The monoisotopic (exact) mass is 427 g/mol. The number of amides is 1. The Morgan fingerprint density at radius 1 is 1.00 bits per heavy atom. The molecule has 2 heterocycles. The zero-order valence-electron chi connectivity index (χ0n) is 17.2. The minimum Gasteiger partial charge on any atom is -0.349 e. The average Bonchev–Trinajstić information content (AvgIpc) is 2.94. The number of anilines is 1. The van der Waals surface area contributed by atoms with Crippen molar-refractivity contribution < 1.29 is 13.2 Å². The summed E-state index contributed by atoms with van der Waals surface area (Å²) in [6.45, 7) is 0.778. The van der Waals surface area contributed by atoms with Crippen LogP contribution in [0.3, 0.4) is 0 Å². The summed E-state index contributed by atoms with van der Waals surface area (Å²) in [5.41, 5.74) is 1.10. The van der Waals surface area contributed by atoms with Gasteiger partial charge in [-0.05, 0) is 86.8 Å². The number of rotatable bonds is 2. The summed E-state index contributed by atoms with van der Waals surface area (Å²) >= 11 is 0. The molecule has 6 aliphatic rings. The molecule has 1 amide bonds. The van der Waals surface area contributed by atoms with Crippen molar-refractivity contribution in [2.75, 3.05) is 11.4 Å². The molecule has 1 N–H and O–H groups in total. The molecular formula is C23H29N3O3S. The fraction of sp³-hybridized carbons (Fsp3) is 0.652. The van der Waals surface area contributed by atoms with Crippen molar-refractivity contribution in [3.05, 3.63) is 23.8 Å². The first kappa shape index (κ1) is 18.8. The minimum atomic E-state index is -3.77. The van der Waals surface area contributed by atoms with Crippen molar-refractivity contribution in [2.45, 2.75) is 68.7 Å². The fourth-order valence-electron chi connectivity index (χ4n) is 7.02.